The minimum Gasteiger partial charge on any atom is -0.330 e. The molecule has 2 N–H and O–H groups in total. The molecule has 2 saturated heterocycles. The van der Waals surface area contributed by atoms with Gasteiger partial charge in [0.05, 0.1) is 0 Å². The molecule has 212 valence electrons. The predicted molar refractivity (Wildman–Crippen MR) is 158 cm³/mol. The lowest BCUT2D eigenvalue weighted by Crippen LogP contribution is -2.66. The van der Waals surface area contributed by atoms with Crippen LogP contribution in [0, 0.1) is 0 Å². The lowest BCUT2D eigenvalue weighted by Gasteiger charge is -2.56. The van der Waals surface area contributed by atoms with Crippen molar-refractivity contribution in [3.63, 3.8) is 0 Å². The molecule has 1 aromatic rings. The lowest BCUT2D eigenvalue weighted by molar-refractivity contribution is 0.189. The first-order chi connectivity index (χ1) is 17.1. The molecule has 0 saturated carbocycles. The van der Waals surface area contributed by atoms with Gasteiger partial charge in [-0.3, -0.25) is 0 Å². The summed E-state index contributed by atoms with van der Waals surface area (Å²) in [5.74, 6) is 1.37. The summed E-state index contributed by atoms with van der Waals surface area (Å²) in [7, 11) is 0. The second kappa shape index (κ2) is 11.5. The quantitative estimate of drug-likeness (QED) is 0.338. The first-order valence-electron chi connectivity index (χ1n) is 14.6. The fraction of sp³-hybridized carbons (Fsp3) is 0.897. The predicted octanol–water partition coefficient (Wildman–Crippen LogP) is 6.36. The monoisotopic (exact) mass is 535 g/mol. The Morgan fingerprint density at radius 1 is 0.649 bits per heavy atom. The molecule has 0 aliphatic carbocycles. The number of rotatable bonds is 10. The number of halogens is 1. The summed E-state index contributed by atoms with van der Waals surface area (Å²) < 4.78 is 0. The average molecular weight is 536 g/mol. The van der Waals surface area contributed by atoms with Gasteiger partial charge in [0, 0.05) is 34.2 Å². The topological polar surface area (TPSA) is 69.2 Å². The molecule has 1 aromatic heterocycles. The van der Waals surface area contributed by atoms with Crippen LogP contribution in [0.15, 0.2) is 0 Å². The number of piperidine rings is 2. The Morgan fingerprint density at radius 3 is 1.27 bits per heavy atom. The van der Waals surface area contributed by atoms with E-state index in [2.05, 4.69) is 89.7 Å². The number of hydrogen-bond donors (Lipinski definition) is 2. The van der Waals surface area contributed by atoms with E-state index in [1.54, 1.807) is 0 Å². The van der Waals surface area contributed by atoms with Crippen molar-refractivity contribution in [2.24, 2.45) is 0 Å². The van der Waals surface area contributed by atoms with Crippen molar-refractivity contribution in [2.75, 3.05) is 22.9 Å². The van der Waals surface area contributed by atoms with Crippen molar-refractivity contribution in [3.05, 3.63) is 5.28 Å². The van der Waals surface area contributed by atoms with Crippen LogP contribution in [0.2, 0.25) is 5.28 Å². The van der Waals surface area contributed by atoms with Crippen molar-refractivity contribution in [1.82, 2.24) is 25.6 Å². The van der Waals surface area contributed by atoms with Gasteiger partial charge in [0.1, 0.15) is 0 Å². The molecule has 3 rings (SSSR count). The molecule has 0 atom stereocenters. The highest BCUT2D eigenvalue weighted by atomic mass is 35.5. The van der Waals surface area contributed by atoms with Gasteiger partial charge in [-0.15, -0.1) is 0 Å². The van der Waals surface area contributed by atoms with Crippen molar-refractivity contribution in [3.8, 4) is 0 Å². The third-order valence-corrected chi connectivity index (χ3v) is 8.49. The highest BCUT2D eigenvalue weighted by Gasteiger charge is 2.49. The zero-order chi connectivity index (χ0) is 27.6. The number of anilines is 2. The van der Waals surface area contributed by atoms with Crippen LogP contribution in [-0.4, -0.2) is 62.3 Å². The van der Waals surface area contributed by atoms with Gasteiger partial charge >= 0.3 is 0 Å². The fourth-order valence-electron chi connectivity index (χ4n) is 7.43. The maximum Gasteiger partial charge on any atom is 0.232 e. The van der Waals surface area contributed by atoms with E-state index in [4.69, 9.17) is 26.6 Å². The Balaban J connectivity index is 1.92. The van der Waals surface area contributed by atoms with Gasteiger partial charge in [-0.2, -0.15) is 15.0 Å². The number of nitrogens with zero attached hydrogens (tertiary/aromatic N) is 5. The largest absolute Gasteiger partial charge is 0.330 e. The van der Waals surface area contributed by atoms with Gasteiger partial charge in [-0.25, -0.2) is 0 Å². The molecule has 0 radical (unpaired) electrons. The fourth-order valence-corrected chi connectivity index (χ4v) is 7.58. The van der Waals surface area contributed by atoms with Crippen LogP contribution in [0.5, 0.6) is 0 Å². The van der Waals surface area contributed by atoms with Gasteiger partial charge < -0.3 is 20.4 Å². The third-order valence-electron chi connectivity index (χ3n) is 8.32. The van der Waals surface area contributed by atoms with E-state index in [-0.39, 0.29) is 27.4 Å². The molecule has 8 heteroatoms. The van der Waals surface area contributed by atoms with Crippen molar-refractivity contribution in [1.29, 1.82) is 0 Å². The van der Waals surface area contributed by atoms with Crippen molar-refractivity contribution in [2.45, 2.75) is 155 Å². The molecule has 7 nitrogen and oxygen atoms in total. The molecule has 3 heterocycles. The molecule has 2 fully saturated rings. The summed E-state index contributed by atoms with van der Waals surface area (Å²) in [6.45, 7) is 25.1. The van der Waals surface area contributed by atoms with Crippen molar-refractivity contribution < 1.29 is 0 Å². The molecule has 0 unspecified atom stereocenters. The SMILES string of the molecule is CCCCNC1CC(C)(C)N(c2nc(Cl)nc(N3C(C)(C)CC(NCCCC)CC3(C)C)n2)C(C)(C)C1. The Bertz CT molecular complexity index is 794. The summed E-state index contributed by atoms with van der Waals surface area (Å²) in [5, 5.41) is 7.88. The third kappa shape index (κ3) is 7.07. The van der Waals surface area contributed by atoms with Gasteiger partial charge in [0.2, 0.25) is 17.2 Å². The van der Waals surface area contributed by atoms with Crippen LogP contribution < -0.4 is 20.4 Å². The summed E-state index contributed by atoms with van der Waals surface area (Å²) >= 11 is 6.65. The zero-order valence-corrected chi connectivity index (χ0v) is 26.1. The van der Waals surface area contributed by atoms with E-state index in [0.717, 1.165) is 38.8 Å². The summed E-state index contributed by atoms with van der Waals surface area (Å²) in [6, 6.07) is 0.948. The van der Waals surface area contributed by atoms with E-state index >= 15 is 0 Å². The summed E-state index contributed by atoms with van der Waals surface area (Å²) in [5.41, 5.74) is -0.521. The molecule has 0 spiro atoms. The van der Waals surface area contributed by atoms with Crippen LogP contribution in [0.25, 0.3) is 0 Å². The number of nitrogens with one attached hydrogen (secondary N) is 2. The van der Waals surface area contributed by atoms with Crippen LogP contribution in [0.3, 0.4) is 0 Å². The first-order valence-corrected chi connectivity index (χ1v) is 15.0. The Morgan fingerprint density at radius 2 is 0.973 bits per heavy atom. The van der Waals surface area contributed by atoms with E-state index < -0.39 is 0 Å². The van der Waals surface area contributed by atoms with Gasteiger partial charge in [-0.1, -0.05) is 26.7 Å². The molecular formula is C29H54ClN7. The van der Waals surface area contributed by atoms with Gasteiger partial charge in [-0.05, 0) is 119 Å². The van der Waals surface area contributed by atoms with Gasteiger partial charge in [0.25, 0.3) is 0 Å². The molecule has 0 aromatic carbocycles. The van der Waals surface area contributed by atoms with Crippen LogP contribution in [0.4, 0.5) is 11.9 Å². The van der Waals surface area contributed by atoms with E-state index in [9.17, 15) is 0 Å². The molecule has 0 bridgehead atoms. The Kier molecular flexibility index (Phi) is 9.45. The minimum absolute atomic E-state index is 0.130. The maximum atomic E-state index is 6.65. The Hall–Kier alpha value is -1.18. The highest BCUT2D eigenvalue weighted by Crippen LogP contribution is 2.44. The van der Waals surface area contributed by atoms with E-state index in [1.807, 2.05) is 0 Å². The minimum atomic E-state index is -0.130. The van der Waals surface area contributed by atoms with Crippen molar-refractivity contribution >= 4 is 23.5 Å². The molecular weight excluding hydrogens is 482 g/mol. The number of unbranched alkanes of at least 4 members (excludes halogenated alkanes) is 2. The van der Waals surface area contributed by atoms with Crippen LogP contribution in [-0.2, 0) is 0 Å². The second-order valence-corrected chi connectivity index (χ2v) is 14.3. The lowest BCUT2D eigenvalue weighted by atomic mass is 9.77. The highest BCUT2D eigenvalue weighted by molar-refractivity contribution is 6.28. The standard InChI is InChI=1S/C29H54ClN7/c1-11-13-15-31-21-17-26(3,4)36(27(5,6)18-21)24-33-23(30)34-25(35-24)37-28(7,8)19-22(20-29(37,9)10)32-16-14-12-2/h21-22,31-32H,11-20H2,1-10H3. The smallest absolute Gasteiger partial charge is 0.232 e. The molecule has 37 heavy (non-hydrogen) atoms. The summed E-state index contributed by atoms with van der Waals surface area (Å²) in [4.78, 5) is 19.4. The maximum absolute atomic E-state index is 6.65. The summed E-state index contributed by atoms with van der Waals surface area (Å²) in [6.07, 6.45) is 8.98. The van der Waals surface area contributed by atoms with Crippen LogP contribution in [0.1, 0.15) is 121 Å². The second-order valence-electron chi connectivity index (χ2n) is 14.0. The molecule has 0 amide bonds. The number of hydrogen-bond acceptors (Lipinski definition) is 7. The van der Waals surface area contributed by atoms with Crippen LogP contribution >= 0.6 is 11.6 Å². The first kappa shape index (κ1) is 30.4. The molecule has 2 aliphatic heterocycles. The average Bonchev–Trinajstić information content (AvgIpc) is 2.70. The normalized spacial score (nSPS) is 23.4. The zero-order valence-electron chi connectivity index (χ0n) is 25.3. The van der Waals surface area contributed by atoms with E-state index in [0.29, 0.717) is 24.0 Å². The number of aromatic nitrogens is 3. The molecule has 2 aliphatic rings. The van der Waals surface area contributed by atoms with E-state index in [1.165, 1.54) is 25.7 Å². The Labute approximate surface area is 231 Å². The van der Waals surface area contributed by atoms with Gasteiger partial charge in [0.15, 0.2) is 0 Å².